The van der Waals surface area contributed by atoms with Gasteiger partial charge in [0.25, 0.3) is 5.56 Å². The highest BCUT2D eigenvalue weighted by Gasteiger charge is 2.68. The molecule has 4 fully saturated rings. The number of aryl methyl sites for hydroxylation is 1. The first-order chi connectivity index (χ1) is 19.3. The number of fused-ring (bicyclic) bond motifs is 1. The third-order valence-corrected chi connectivity index (χ3v) is 10.1. The molecular weight excluding hydrogens is 536 g/mol. The Labute approximate surface area is 237 Å². The van der Waals surface area contributed by atoms with E-state index >= 15 is 0 Å². The minimum Gasteiger partial charge on any atom is -0.404 e. The van der Waals surface area contributed by atoms with Crippen LogP contribution in [0.15, 0.2) is 35.3 Å². The van der Waals surface area contributed by atoms with Gasteiger partial charge in [-0.2, -0.15) is 13.2 Å². The summed E-state index contributed by atoms with van der Waals surface area (Å²) in [7, 11) is -0.565. The summed E-state index contributed by atoms with van der Waals surface area (Å²) in [5.41, 5.74) is -0.866. The molecule has 7 rings (SSSR count). The van der Waals surface area contributed by atoms with Gasteiger partial charge in [0, 0.05) is 13.0 Å². The van der Waals surface area contributed by atoms with E-state index < -0.39 is 30.5 Å². The fourth-order valence-electron chi connectivity index (χ4n) is 7.54. The van der Waals surface area contributed by atoms with E-state index in [-0.39, 0.29) is 41.2 Å². The number of halogens is 3. The SMILES string of the molecule is CC[C@H](NC(=O)[C@@H]1CCc2ncc(NCc3cccc(C(F)(F)F)c3)c(=O)n21)B1O[C@@H]2C[C@@H]3C[C@@H](C3(C)C)[C@]2(C)O1. The van der Waals surface area contributed by atoms with Crippen LogP contribution < -0.4 is 16.2 Å². The summed E-state index contributed by atoms with van der Waals surface area (Å²) in [6.45, 7) is 8.71. The number of nitrogens with zero attached hydrogens (tertiary/aromatic N) is 2. The van der Waals surface area contributed by atoms with Crippen molar-refractivity contribution in [2.75, 3.05) is 5.32 Å². The van der Waals surface area contributed by atoms with E-state index in [1.807, 2.05) is 6.92 Å². The fourth-order valence-corrected chi connectivity index (χ4v) is 7.54. The molecule has 1 saturated heterocycles. The summed E-state index contributed by atoms with van der Waals surface area (Å²) in [4.78, 5) is 31.3. The molecule has 3 heterocycles. The number of rotatable bonds is 7. The Balaban J connectivity index is 1.15. The topological polar surface area (TPSA) is 94.5 Å². The van der Waals surface area contributed by atoms with E-state index in [0.717, 1.165) is 25.0 Å². The van der Waals surface area contributed by atoms with Crippen molar-refractivity contribution in [1.29, 1.82) is 0 Å². The molecule has 1 amide bonds. The molecule has 0 spiro atoms. The van der Waals surface area contributed by atoms with Gasteiger partial charge in [-0.3, -0.25) is 14.2 Å². The van der Waals surface area contributed by atoms with Gasteiger partial charge in [-0.25, -0.2) is 4.98 Å². The minimum absolute atomic E-state index is 0.000267. The minimum atomic E-state index is -4.46. The van der Waals surface area contributed by atoms with Gasteiger partial charge in [0.15, 0.2) is 0 Å². The summed E-state index contributed by atoms with van der Waals surface area (Å²) in [5, 5.41) is 6.00. The van der Waals surface area contributed by atoms with Crippen LogP contribution in [0.5, 0.6) is 0 Å². The highest BCUT2D eigenvalue weighted by Crippen LogP contribution is 2.65. The first-order valence-corrected chi connectivity index (χ1v) is 14.5. The van der Waals surface area contributed by atoms with Gasteiger partial charge in [-0.05, 0) is 67.6 Å². The first kappa shape index (κ1) is 28.3. The lowest BCUT2D eigenvalue weighted by atomic mass is 9.43. The maximum atomic E-state index is 13.5. The van der Waals surface area contributed by atoms with Gasteiger partial charge >= 0.3 is 13.3 Å². The van der Waals surface area contributed by atoms with Crippen LogP contribution in [0.4, 0.5) is 18.9 Å². The summed E-state index contributed by atoms with van der Waals surface area (Å²) in [6, 6.07) is 4.17. The van der Waals surface area contributed by atoms with Crippen molar-refractivity contribution >= 4 is 18.7 Å². The lowest BCUT2D eigenvalue weighted by molar-refractivity contribution is -0.199. The van der Waals surface area contributed by atoms with Gasteiger partial charge in [0.2, 0.25) is 5.91 Å². The largest absolute Gasteiger partial charge is 0.481 e. The Morgan fingerprint density at radius 2 is 2.05 bits per heavy atom. The summed E-state index contributed by atoms with van der Waals surface area (Å²) < 4.78 is 53.6. The molecule has 6 atom stereocenters. The van der Waals surface area contributed by atoms with Crippen LogP contribution in [-0.2, 0) is 33.2 Å². The average molecular weight is 572 g/mol. The molecule has 1 aromatic heterocycles. The Bertz CT molecular complexity index is 1420. The van der Waals surface area contributed by atoms with E-state index in [2.05, 4.69) is 36.4 Å². The number of benzene rings is 1. The maximum Gasteiger partial charge on any atom is 0.481 e. The monoisotopic (exact) mass is 572 g/mol. The lowest BCUT2D eigenvalue weighted by Crippen LogP contribution is -2.65. The number of amides is 1. The molecule has 220 valence electrons. The predicted octanol–water partition coefficient (Wildman–Crippen LogP) is 4.52. The lowest BCUT2D eigenvalue weighted by Gasteiger charge is -2.64. The average Bonchev–Trinajstić information content (AvgIpc) is 3.52. The number of carbonyl (C=O) groups is 1. The Kier molecular flexibility index (Phi) is 6.80. The smallest absolute Gasteiger partial charge is 0.404 e. The standard InChI is InChI=1S/C29H36BF3N4O4/c1-5-23(30-40-22-13-18-12-21(27(18,2)3)28(22,4)41-30)36-25(38)20-9-10-24-35-15-19(26(39)37(20)24)34-14-16-7-6-8-17(11-16)29(31,32)33/h6-8,11,15,18,20-23,34H,5,9-10,12-14H2,1-4H3,(H,36,38)/t18-,20-,21-,22+,23-,28-/m0/s1. The van der Waals surface area contributed by atoms with E-state index in [1.54, 1.807) is 6.07 Å². The molecule has 2 aliphatic heterocycles. The van der Waals surface area contributed by atoms with Crippen molar-refractivity contribution in [1.82, 2.24) is 14.9 Å². The van der Waals surface area contributed by atoms with Crippen molar-refractivity contribution in [3.05, 3.63) is 57.8 Å². The van der Waals surface area contributed by atoms with Gasteiger partial charge in [-0.1, -0.05) is 32.9 Å². The molecule has 2 aromatic rings. The van der Waals surface area contributed by atoms with E-state index in [1.165, 1.54) is 16.8 Å². The van der Waals surface area contributed by atoms with Crippen LogP contribution in [0.2, 0.25) is 0 Å². The fraction of sp³-hybridized carbons (Fsp3) is 0.621. The maximum absolute atomic E-state index is 13.5. The van der Waals surface area contributed by atoms with Crippen molar-refractivity contribution in [2.24, 2.45) is 17.3 Å². The van der Waals surface area contributed by atoms with Crippen LogP contribution in [-0.4, -0.2) is 40.2 Å². The van der Waals surface area contributed by atoms with Gasteiger partial charge < -0.3 is 19.9 Å². The quantitative estimate of drug-likeness (QED) is 0.474. The van der Waals surface area contributed by atoms with Crippen molar-refractivity contribution in [3.8, 4) is 0 Å². The molecule has 12 heteroatoms. The molecule has 5 aliphatic rings. The molecule has 0 unspecified atom stereocenters. The van der Waals surface area contributed by atoms with E-state index in [4.69, 9.17) is 9.31 Å². The molecule has 2 N–H and O–H groups in total. The predicted molar refractivity (Wildman–Crippen MR) is 147 cm³/mol. The van der Waals surface area contributed by atoms with E-state index in [9.17, 15) is 22.8 Å². The summed E-state index contributed by atoms with van der Waals surface area (Å²) >= 11 is 0. The number of hydrogen-bond acceptors (Lipinski definition) is 6. The van der Waals surface area contributed by atoms with Crippen LogP contribution in [0.3, 0.4) is 0 Å². The zero-order chi connectivity index (χ0) is 29.3. The second-order valence-corrected chi connectivity index (χ2v) is 12.7. The zero-order valence-electron chi connectivity index (χ0n) is 23.8. The van der Waals surface area contributed by atoms with Crippen molar-refractivity contribution < 1.29 is 27.3 Å². The van der Waals surface area contributed by atoms with Crippen LogP contribution >= 0.6 is 0 Å². The molecule has 3 saturated carbocycles. The number of alkyl halides is 3. The Morgan fingerprint density at radius 1 is 1.27 bits per heavy atom. The van der Waals surface area contributed by atoms with Crippen molar-refractivity contribution in [2.45, 2.75) is 96.2 Å². The van der Waals surface area contributed by atoms with Gasteiger partial charge in [0.1, 0.15) is 17.6 Å². The van der Waals surface area contributed by atoms with Gasteiger partial charge in [0.05, 0.1) is 29.4 Å². The molecule has 2 bridgehead atoms. The molecule has 41 heavy (non-hydrogen) atoms. The molecular formula is C29H36BF3N4O4. The number of nitrogens with one attached hydrogen (secondary N) is 2. The highest BCUT2D eigenvalue weighted by molar-refractivity contribution is 6.47. The number of hydrogen-bond donors (Lipinski definition) is 2. The van der Waals surface area contributed by atoms with Crippen LogP contribution in [0.1, 0.15) is 76.4 Å². The van der Waals surface area contributed by atoms with Gasteiger partial charge in [-0.15, -0.1) is 0 Å². The molecule has 3 aliphatic carbocycles. The highest BCUT2D eigenvalue weighted by atomic mass is 19.4. The van der Waals surface area contributed by atoms with Crippen molar-refractivity contribution in [3.63, 3.8) is 0 Å². The van der Waals surface area contributed by atoms with Crippen LogP contribution in [0, 0.1) is 17.3 Å². The third kappa shape index (κ3) is 4.67. The van der Waals surface area contributed by atoms with Crippen LogP contribution in [0.25, 0.3) is 0 Å². The first-order valence-electron chi connectivity index (χ1n) is 14.5. The second-order valence-electron chi connectivity index (χ2n) is 12.7. The Morgan fingerprint density at radius 3 is 2.76 bits per heavy atom. The normalized spacial score (nSPS) is 30.3. The Hall–Kier alpha value is -2.86. The van der Waals surface area contributed by atoms with E-state index in [0.29, 0.717) is 42.5 Å². The third-order valence-electron chi connectivity index (χ3n) is 10.1. The molecule has 1 aromatic carbocycles. The molecule has 0 radical (unpaired) electrons. The molecule has 8 nitrogen and oxygen atoms in total. The number of anilines is 1. The second kappa shape index (κ2) is 9.86. The summed E-state index contributed by atoms with van der Waals surface area (Å²) in [6.07, 6.45) is 0.502. The number of aromatic nitrogens is 2. The number of carbonyl (C=O) groups excluding carboxylic acids is 1. The summed E-state index contributed by atoms with van der Waals surface area (Å²) in [5.74, 6) is 0.854. The zero-order valence-corrected chi connectivity index (χ0v) is 23.8.